The number of ether oxygens (including phenoxy) is 1. The molecule has 0 bridgehead atoms. The Morgan fingerprint density at radius 2 is 2.11 bits per heavy atom. The number of amides is 1. The number of carboxylic acid groups (broad SMARTS) is 1. The van der Waals surface area contributed by atoms with Gasteiger partial charge in [-0.15, -0.1) is 0 Å². The predicted octanol–water partition coefficient (Wildman–Crippen LogP) is 1.57. The van der Waals surface area contributed by atoms with Gasteiger partial charge in [-0.05, 0) is 30.7 Å². The fourth-order valence-electron chi connectivity index (χ4n) is 1.32. The van der Waals surface area contributed by atoms with Crippen LogP contribution < -0.4 is 4.74 Å². The Balaban J connectivity index is 2.54. The van der Waals surface area contributed by atoms with Gasteiger partial charge in [-0.25, -0.2) is 0 Å². The smallest absolute Gasteiger partial charge is 0.323 e. The first kappa shape index (κ1) is 14.3. The number of benzene rings is 1. The number of hydrogen-bond donors (Lipinski definition) is 1. The third-order valence-corrected chi connectivity index (χ3v) is 2.52. The maximum absolute atomic E-state index is 11.5. The second-order valence-corrected chi connectivity index (χ2v) is 4.28. The van der Waals surface area contributed by atoms with Gasteiger partial charge in [-0.3, -0.25) is 9.59 Å². The topological polar surface area (TPSA) is 66.8 Å². The highest BCUT2D eigenvalue weighted by Gasteiger charge is 2.13. The summed E-state index contributed by atoms with van der Waals surface area (Å²) in [6, 6.07) is 5.06. The number of likely N-dealkylation sites (N-methyl/N-ethyl adjacent to an activating group) is 1. The first-order chi connectivity index (χ1) is 8.40. The molecular weight excluding hydrogens is 258 g/mol. The fraction of sp³-hybridized carbons (Fsp3) is 0.333. The molecule has 1 aromatic carbocycles. The van der Waals surface area contributed by atoms with Crippen LogP contribution in [0.1, 0.15) is 5.56 Å². The molecule has 0 aliphatic carbocycles. The van der Waals surface area contributed by atoms with Crippen LogP contribution in [0.2, 0.25) is 5.02 Å². The zero-order chi connectivity index (χ0) is 13.7. The standard InChI is InChI=1S/C12H14ClNO4/c1-8-5-9(13)3-4-10(8)18-7-11(15)14(2)6-12(16)17/h3-5H,6-7H2,1-2H3,(H,16,17). The number of rotatable bonds is 5. The van der Waals surface area contributed by atoms with Crippen molar-refractivity contribution in [1.82, 2.24) is 4.90 Å². The highest BCUT2D eigenvalue weighted by atomic mass is 35.5. The van der Waals surface area contributed by atoms with E-state index in [2.05, 4.69) is 0 Å². The molecule has 98 valence electrons. The number of carbonyl (C=O) groups is 2. The lowest BCUT2D eigenvalue weighted by Crippen LogP contribution is -2.35. The summed E-state index contributed by atoms with van der Waals surface area (Å²) in [6.45, 7) is 1.26. The molecule has 0 atom stereocenters. The van der Waals surface area contributed by atoms with Crippen molar-refractivity contribution < 1.29 is 19.4 Å². The molecule has 0 aromatic heterocycles. The Morgan fingerprint density at radius 1 is 1.44 bits per heavy atom. The molecule has 1 amide bonds. The molecule has 1 rings (SSSR count). The van der Waals surface area contributed by atoms with E-state index in [0.29, 0.717) is 10.8 Å². The van der Waals surface area contributed by atoms with Gasteiger partial charge in [0.1, 0.15) is 12.3 Å². The minimum absolute atomic E-state index is 0.202. The Morgan fingerprint density at radius 3 is 2.67 bits per heavy atom. The molecule has 18 heavy (non-hydrogen) atoms. The minimum Gasteiger partial charge on any atom is -0.483 e. The summed E-state index contributed by atoms with van der Waals surface area (Å²) < 4.78 is 5.31. The Bertz CT molecular complexity index is 461. The lowest BCUT2D eigenvalue weighted by Gasteiger charge is -2.15. The molecular formula is C12H14ClNO4. The van der Waals surface area contributed by atoms with Crippen molar-refractivity contribution >= 4 is 23.5 Å². The van der Waals surface area contributed by atoms with Gasteiger partial charge in [0, 0.05) is 12.1 Å². The van der Waals surface area contributed by atoms with E-state index in [1.165, 1.54) is 7.05 Å². The third kappa shape index (κ3) is 4.25. The normalized spacial score (nSPS) is 9.94. The van der Waals surface area contributed by atoms with Crippen molar-refractivity contribution in [3.63, 3.8) is 0 Å². The van der Waals surface area contributed by atoms with Gasteiger partial charge in [0.05, 0.1) is 0 Å². The van der Waals surface area contributed by atoms with Crippen molar-refractivity contribution in [2.75, 3.05) is 20.2 Å². The molecule has 0 fully saturated rings. The van der Waals surface area contributed by atoms with E-state index in [1.54, 1.807) is 18.2 Å². The number of hydrogen-bond acceptors (Lipinski definition) is 3. The van der Waals surface area contributed by atoms with Crippen molar-refractivity contribution in [2.45, 2.75) is 6.92 Å². The number of aliphatic carboxylic acids is 1. The van der Waals surface area contributed by atoms with Gasteiger partial charge in [0.2, 0.25) is 0 Å². The molecule has 0 saturated heterocycles. The summed E-state index contributed by atoms with van der Waals surface area (Å²) >= 11 is 5.79. The summed E-state index contributed by atoms with van der Waals surface area (Å²) in [5.41, 5.74) is 0.816. The van der Waals surface area contributed by atoms with Crippen LogP contribution in [0, 0.1) is 6.92 Å². The monoisotopic (exact) mass is 271 g/mol. The van der Waals surface area contributed by atoms with Gasteiger partial charge in [0.25, 0.3) is 5.91 Å². The van der Waals surface area contributed by atoms with Crippen molar-refractivity contribution in [3.05, 3.63) is 28.8 Å². The molecule has 0 saturated carbocycles. The van der Waals surface area contributed by atoms with Crippen LogP contribution in [0.3, 0.4) is 0 Å². The van der Waals surface area contributed by atoms with Crippen LogP contribution in [0.5, 0.6) is 5.75 Å². The first-order valence-electron chi connectivity index (χ1n) is 5.25. The van der Waals surface area contributed by atoms with Crippen molar-refractivity contribution in [3.8, 4) is 5.75 Å². The Hall–Kier alpha value is -1.75. The maximum atomic E-state index is 11.5. The molecule has 1 aromatic rings. The Labute approximate surface area is 110 Å². The zero-order valence-corrected chi connectivity index (χ0v) is 10.9. The molecule has 5 nitrogen and oxygen atoms in total. The maximum Gasteiger partial charge on any atom is 0.323 e. The molecule has 0 spiro atoms. The lowest BCUT2D eigenvalue weighted by molar-refractivity contribution is -0.144. The van der Waals surface area contributed by atoms with E-state index < -0.39 is 11.9 Å². The minimum atomic E-state index is -1.06. The van der Waals surface area contributed by atoms with Gasteiger partial charge in [-0.2, -0.15) is 0 Å². The van der Waals surface area contributed by atoms with E-state index in [-0.39, 0.29) is 13.2 Å². The second kappa shape index (κ2) is 6.26. The second-order valence-electron chi connectivity index (χ2n) is 3.84. The largest absolute Gasteiger partial charge is 0.483 e. The number of carbonyl (C=O) groups excluding carboxylic acids is 1. The lowest BCUT2D eigenvalue weighted by atomic mass is 10.2. The Kier molecular flexibility index (Phi) is 4.97. The third-order valence-electron chi connectivity index (χ3n) is 2.29. The van der Waals surface area contributed by atoms with Crippen LogP contribution >= 0.6 is 11.6 Å². The number of aryl methyl sites for hydroxylation is 1. The zero-order valence-electron chi connectivity index (χ0n) is 10.1. The van der Waals surface area contributed by atoms with Crippen molar-refractivity contribution in [2.24, 2.45) is 0 Å². The number of nitrogens with zero attached hydrogens (tertiary/aromatic N) is 1. The molecule has 0 aliphatic heterocycles. The summed E-state index contributed by atoms with van der Waals surface area (Å²) in [4.78, 5) is 23.1. The molecule has 1 N–H and O–H groups in total. The molecule has 6 heteroatoms. The van der Waals surface area contributed by atoms with Gasteiger partial charge in [-0.1, -0.05) is 11.6 Å². The molecule has 0 radical (unpaired) electrons. The van der Waals surface area contributed by atoms with Gasteiger partial charge < -0.3 is 14.7 Å². The average molecular weight is 272 g/mol. The first-order valence-corrected chi connectivity index (χ1v) is 5.62. The van der Waals surface area contributed by atoms with Crippen molar-refractivity contribution in [1.29, 1.82) is 0 Å². The summed E-state index contributed by atoms with van der Waals surface area (Å²) in [5, 5.41) is 9.14. The SMILES string of the molecule is Cc1cc(Cl)ccc1OCC(=O)N(C)CC(=O)O. The van der Waals surface area contributed by atoms with E-state index >= 15 is 0 Å². The summed E-state index contributed by atoms with van der Waals surface area (Å²) in [7, 11) is 1.41. The van der Waals surface area contributed by atoms with E-state index in [1.807, 2.05) is 6.92 Å². The van der Waals surface area contributed by atoms with Crippen LogP contribution in [-0.2, 0) is 9.59 Å². The quantitative estimate of drug-likeness (QED) is 0.883. The van der Waals surface area contributed by atoms with E-state index in [0.717, 1.165) is 10.5 Å². The fourth-order valence-corrected chi connectivity index (χ4v) is 1.54. The predicted molar refractivity (Wildman–Crippen MR) is 67.0 cm³/mol. The van der Waals surface area contributed by atoms with Gasteiger partial charge >= 0.3 is 5.97 Å². The average Bonchev–Trinajstić information content (AvgIpc) is 2.26. The summed E-state index contributed by atoms with van der Waals surface area (Å²) in [6.07, 6.45) is 0. The molecule has 0 aliphatic rings. The number of carboxylic acids is 1. The van der Waals surface area contributed by atoms with Crippen LogP contribution in [0.25, 0.3) is 0 Å². The highest BCUT2D eigenvalue weighted by Crippen LogP contribution is 2.21. The van der Waals surface area contributed by atoms with E-state index in [4.69, 9.17) is 21.4 Å². The van der Waals surface area contributed by atoms with Crippen LogP contribution in [-0.4, -0.2) is 42.1 Å². The van der Waals surface area contributed by atoms with Crippen LogP contribution in [0.4, 0.5) is 0 Å². The van der Waals surface area contributed by atoms with Gasteiger partial charge in [0.15, 0.2) is 6.61 Å². The molecule has 0 unspecified atom stereocenters. The highest BCUT2D eigenvalue weighted by molar-refractivity contribution is 6.30. The number of halogens is 1. The summed E-state index contributed by atoms with van der Waals surface area (Å²) in [5.74, 6) is -0.906. The van der Waals surface area contributed by atoms with Crippen LogP contribution in [0.15, 0.2) is 18.2 Å². The molecule has 0 heterocycles. The van der Waals surface area contributed by atoms with E-state index in [9.17, 15) is 9.59 Å².